The fourth-order valence-electron chi connectivity index (χ4n) is 0.982. The van der Waals surface area contributed by atoms with E-state index in [-0.39, 0.29) is 6.10 Å². The van der Waals surface area contributed by atoms with E-state index in [1.807, 2.05) is 6.08 Å². The smallest absolute Gasteiger partial charge is 0.0917 e. The Bertz CT molecular complexity index is 118. The second kappa shape index (κ2) is 2.87. The van der Waals surface area contributed by atoms with Crippen LogP contribution in [0.1, 0.15) is 19.3 Å². The summed E-state index contributed by atoms with van der Waals surface area (Å²) in [6, 6.07) is 0. The molecule has 0 aromatic carbocycles. The Morgan fingerprint density at radius 2 is 2.56 bits per heavy atom. The Balaban J connectivity index is 2.40. The molecule has 0 fully saturated rings. The Morgan fingerprint density at radius 1 is 1.78 bits per heavy atom. The number of rotatable bonds is 1. The van der Waals surface area contributed by atoms with E-state index < -0.39 is 0 Å². The van der Waals surface area contributed by atoms with Crippen molar-refractivity contribution in [3.05, 3.63) is 11.8 Å². The van der Waals surface area contributed by atoms with Gasteiger partial charge in [-0.2, -0.15) is 0 Å². The van der Waals surface area contributed by atoms with Gasteiger partial charge in [0.25, 0.3) is 0 Å². The molecule has 0 saturated carbocycles. The average Bonchev–Trinajstić information content (AvgIpc) is 1.90. The number of aliphatic hydroxyl groups is 1. The Morgan fingerprint density at radius 3 is 3.00 bits per heavy atom. The van der Waals surface area contributed by atoms with Crippen molar-refractivity contribution in [3.63, 3.8) is 0 Å². The maximum absolute atomic E-state index is 9.02. The van der Waals surface area contributed by atoms with Gasteiger partial charge in [0.15, 0.2) is 0 Å². The number of methoxy groups -OCH3 is 1. The number of ether oxygens (including phenoxy) is 1. The Kier molecular flexibility index (Phi) is 2.11. The van der Waals surface area contributed by atoms with Gasteiger partial charge in [0.1, 0.15) is 0 Å². The van der Waals surface area contributed by atoms with Crippen molar-refractivity contribution in [1.29, 1.82) is 0 Å². The number of hydrogen-bond acceptors (Lipinski definition) is 2. The molecule has 1 rings (SSSR count). The lowest BCUT2D eigenvalue weighted by molar-refractivity contribution is 0.144. The third-order valence-corrected chi connectivity index (χ3v) is 1.60. The van der Waals surface area contributed by atoms with Crippen molar-refractivity contribution in [1.82, 2.24) is 0 Å². The van der Waals surface area contributed by atoms with Crippen molar-refractivity contribution in [3.8, 4) is 0 Å². The normalized spacial score (nSPS) is 27.3. The maximum Gasteiger partial charge on any atom is 0.0917 e. The van der Waals surface area contributed by atoms with E-state index in [1.54, 1.807) is 7.11 Å². The summed E-state index contributed by atoms with van der Waals surface area (Å²) in [5.74, 6) is 1.01. The van der Waals surface area contributed by atoms with Crippen molar-refractivity contribution in [2.45, 2.75) is 25.4 Å². The molecule has 1 aliphatic rings. The minimum absolute atomic E-state index is 0.135. The molecule has 1 unspecified atom stereocenters. The minimum atomic E-state index is -0.135. The summed E-state index contributed by atoms with van der Waals surface area (Å²) in [7, 11) is 1.67. The van der Waals surface area contributed by atoms with Gasteiger partial charge in [-0.15, -0.1) is 0 Å². The predicted molar refractivity (Wildman–Crippen MR) is 34.9 cm³/mol. The molecule has 0 amide bonds. The molecular formula is C7H12O2. The first-order valence-corrected chi connectivity index (χ1v) is 3.24. The van der Waals surface area contributed by atoms with E-state index in [0.29, 0.717) is 0 Å². The molecule has 0 heterocycles. The van der Waals surface area contributed by atoms with Crippen LogP contribution in [-0.4, -0.2) is 18.3 Å². The lowest BCUT2D eigenvalue weighted by atomic mass is 10.0. The average molecular weight is 128 g/mol. The molecule has 52 valence electrons. The minimum Gasteiger partial charge on any atom is -0.501 e. The number of allylic oxidation sites excluding steroid dienone is 1. The molecule has 9 heavy (non-hydrogen) atoms. The Labute approximate surface area is 55.1 Å². The van der Waals surface area contributed by atoms with Gasteiger partial charge in [0.05, 0.1) is 19.0 Å². The molecule has 0 saturated heterocycles. The molecule has 2 nitrogen and oxygen atoms in total. The second-order valence-electron chi connectivity index (χ2n) is 2.30. The summed E-state index contributed by atoms with van der Waals surface area (Å²) in [6.45, 7) is 0. The summed E-state index contributed by atoms with van der Waals surface area (Å²) in [5, 5.41) is 9.02. The maximum atomic E-state index is 9.02. The fourth-order valence-corrected chi connectivity index (χ4v) is 0.982. The predicted octanol–water partition coefficient (Wildman–Crippen LogP) is 1.06. The summed E-state index contributed by atoms with van der Waals surface area (Å²) in [6.07, 6.45) is 4.30. The van der Waals surface area contributed by atoms with Gasteiger partial charge in [0.2, 0.25) is 0 Å². The lowest BCUT2D eigenvalue weighted by Crippen LogP contribution is -2.10. The van der Waals surface area contributed by atoms with E-state index in [2.05, 4.69) is 0 Å². The first-order valence-electron chi connectivity index (χ1n) is 3.24. The van der Waals surface area contributed by atoms with Crippen LogP contribution in [0.15, 0.2) is 11.8 Å². The van der Waals surface area contributed by atoms with Gasteiger partial charge in [-0.05, 0) is 18.9 Å². The van der Waals surface area contributed by atoms with E-state index in [4.69, 9.17) is 9.84 Å². The second-order valence-corrected chi connectivity index (χ2v) is 2.30. The van der Waals surface area contributed by atoms with Gasteiger partial charge < -0.3 is 9.84 Å². The lowest BCUT2D eigenvalue weighted by Gasteiger charge is -2.15. The molecule has 1 N–H and O–H groups in total. The first kappa shape index (κ1) is 6.62. The molecule has 0 aliphatic heterocycles. The van der Waals surface area contributed by atoms with Crippen LogP contribution in [0.4, 0.5) is 0 Å². The van der Waals surface area contributed by atoms with Crippen LogP contribution in [0.25, 0.3) is 0 Å². The highest BCUT2D eigenvalue weighted by molar-refractivity contribution is 4.98. The zero-order valence-electron chi connectivity index (χ0n) is 5.63. The molecule has 0 radical (unpaired) electrons. The number of aliphatic hydroxyl groups excluding tert-OH is 1. The summed E-state index contributed by atoms with van der Waals surface area (Å²) in [5.41, 5.74) is 0. The largest absolute Gasteiger partial charge is 0.501 e. The number of hydrogen-bond donors (Lipinski definition) is 1. The van der Waals surface area contributed by atoms with Crippen LogP contribution >= 0.6 is 0 Å². The van der Waals surface area contributed by atoms with Gasteiger partial charge >= 0.3 is 0 Å². The van der Waals surface area contributed by atoms with Crippen LogP contribution in [-0.2, 0) is 4.74 Å². The van der Waals surface area contributed by atoms with Crippen LogP contribution in [0.5, 0.6) is 0 Å². The first-order chi connectivity index (χ1) is 4.33. The molecule has 0 aromatic heterocycles. The van der Waals surface area contributed by atoms with Gasteiger partial charge in [0, 0.05) is 6.42 Å². The third kappa shape index (κ3) is 1.72. The molecule has 1 aliphatic carbocycles. The van der Waals surface area contributed by atoms with Crippen molar-refractivity contribution in [2.24, 2.45) is 0 Å². The van der Waals surface area contributed by atoms with Crippen LogP contribution in [0.3, 0.4) is 0 Å². The van der Waals surface area contributed by atoms with Crippen LogP contribution in [0, 0.1) is 0 Å². The molecule has 1 atom stereocenters. The van der Waals surface area contributed by atoms with Crippen molar-refractivity contribution in [2.75, 3.05) is 7.11 Å². The quantitative estimate of drug-likeness (QED) is 0.572. The standard InChI is InChI=1S/C7H12O2/c1-9-7-4-2-6(8)3-5-7/h4,6,8H,2-3,5H2,1H3. The fraction of sp³-hybridized carbons (Fsp3) is 0.714. The Hall–Kier alpha value is -0.500. The zero-order chi connectivity index (χ0) is 6.69. The van der Waals surface area contributed by atoms with Crippen LogP contribution in [0.2, 0.25) is 0 Å². The highest BCUT2D eigenvalue weighted by atomic mass is 16.5. The zero-order valence-corrected chi connectivity index (χ0v) is 5.63. The highest BCUT2D eigenvalue weighted by Crippen LogP contribution is 2.17. The van der Waals surface area contributed by atoms with E-state index >= 15 is 0 Å². The van der Waals surface area contributed by atoms with E-state index in [0.717, 1.165) is 25.0 Å². The van der Waals surface area contributed by atoms with E-state index in [1.165, 1.54) is 0 Å². The van der Waals surface area contributed by atoms with Gasteiger partial charge in [-0.3, -0.25) is 0 Å². The molecule has 0 bridgehead atoms. The van der Waals surface area contributed by atoms with Gasteiger partial charge in [-0.1, -0.05) is 0 Å². The third-order valence-electron chi connectivity index (χ3n) is 1.60. The molecular weight excluding hydrogens is 116 g/mol. The van der Waals surface area contributed by atoms with Crippen molar-refractivity contribution >= 4 is 0 Å². The summed E-state index contributed by atoms with van der Waals surface area (Å²) < 4.78 is 4.99. The molecule has 0 spiro atoms. The van der Waals surface area contributed by atoms with E-state index in [9.17, 15) is 0 Å². The monoisotopic (exact) mass is 128 g/mol. The SMILES string of the molecule is COC1=CCC(O)CC1. The van der Waals surface area contributed by atoms with Gasteiger partial charge in [-0.25, -0.2) is 0 Å². The van der Waals surface area contributed by atoms with Crippen molar-refractivity contribution < 1.29 is 9.84 Å². The molecule has 0 aromatic rings. The highest BCUT2D eigenvalue weighted by Gasteiger charge is 2.10. The van der Waals surface area contributed by atoms with Crippen LogP contribution < -0.4 is 0 Å². The topological polar surface area (TPSA) is 29.5 Å². The summed E-state index contributed by atoms with van der Waals surface area (Å²) in [4.78, 5) is 0. The molecule has 2 heteroatoms. The summed E-state index contributed by atoms with van der Waals surface area (Å²) >= 11 is 0.